The summed E-state index contributed by atoms with van der Waals surface area (Å²) >= 11 is 0. The van der Waals surface area contributed by atoms with Crippen molar-refractivity contribution in [2.45, 2.75) is 107 Å². The molecule has 11 nitrogen and oxygen atoms in total. The minimum absolute atomic E-state index is 0.00251. The van der Waals surface area contributed by atoms with Crippen LogP contribution in [0.5, 0.6) is 0 Å². The van der Waals surface area contributed by atoms with Gasteiger partial charge >= 0.3 is 0 Å². The largest absolute Gasteiger partial charge is 0.343 e. The van der Waals surface area contributed by atoms with Crippen LogP contribution in [-0.4, -0.2) is 78.4 Å². The first-order valence-corrected chi connectivity index (χ1v) is 19.6. The number of piperidine rings is 1. The molecule has 0 aromatic heterocycles. The van der Waals surface area contributed by atoms with Gasteiger partial charge in [0.2, 0.25) is 23.6 Å². The molecular formula is C43H59N7O4. The fourth-order valence-electron chi connectivity index (χ4n) is 8.10. The second-order valence-corrected chi connectivity index (χ2v) is 15.5. The van der Waals surface area contributed by atoms with Crippen LogP contribution in [0.2, 0.25) is 0 Å². The Morgan fingerprint density at radius 3 is 1.93 bits per heavy atom. The number of carbonyl (C=O) groups is 4. The van der Waals surface area contributed by atoms with Crippen molar-refractivity contribution in [3.63, 3.8) is 0 Å². The average molecular weight is 738 g/mol. The smallest absolute Gasteiger partial charge is 0.245 e. The van der Waals surface area contributed by atoms with E-state index in [1.165, 1.54) is 11.1 Å². The Bertz CT molecular complexity index is 1690. The number of nitrogens with one attached hydrogen (secondary N) is 3. The van der Waals surface area contributed by atoms with Gasteiger partial charge in [-0.1, -0.05) is 98.8 Å². The molecule has 1 heterocycles. The van der Waals surface area contributed by atoms with Crippen LogP contribution in [0, 0.1) is 5.92 Å². The summed E-state index contributed by atoms with van der Waals surface area (Å²) in [4.78, 5) is 57.5. The van der Waals surface area contributed by atoms with E-state index >= 15 is 0 Å². The predicted molar refractivity (Wildman–Crippen MR) is 212 cm³/mol. The molecule has 0 bridgehead atoms. The van der Waals surface area contributed by atoms with Crippen molar-refractivity contribution in [1.29, 1.82) is 0 Å². The van der Waals surface area contributed by atoms with E-state index in [0.717, 1.165) is 30.4 Å². The summed E-state index contributed by atoms with van der Waals surface area (Å²) in [6, 6.07) is 23.7. The number of likely N-dealkylation sites (tertiary alicyclic amines) is 1. The zero-order valence-electron chi connectivity index (χ0n) is 31.8. The second-order valence-electron chi connectivity index (χ2n) is 15.5. The van der Waals surface area contributed by atoms with Crippen molar-refractivity contribution in [3.8, 4) is 0 Å². The molecule has 0 radical (unpaired) electrons. The molecule has 1 spiro atoms. The van der Waals surface area contributed by atoms with Gasteiger partial charge in [-0.3, -0.25) is 19.2 Å². The number of rotatable bonds is 17. The Hall–Kier alpha value is -4.58. The quantitative estimate of drug-likeness (QED) is 0.115. The SMILES string of the molecule is CC(C)C[C@@H](NC(=O)[C@@H](Cc1ccccc1)NC(=O)[C@H](N)Cc1ccccc1)C(=O)N[C@H](CCCCN)C(=O)N1CCC2(CC1)c1ccccc1CC2N. The highest BCUT2D eigenvalue weighted by Gasteiger charge is 2.47. The molecule has 9 N–H and O–H groups in total. The maximum Gasteiger partial charge on any atom is 0.245 e. The van der Waals surface area contributed by atoms with E-state index in [0.29, 0.717) is 51.7 Å². The van der Waals surface area contributed by atoms with Crippen LogP contribution in [0.4, 0.5) is 0 Å². The summed E-state index contributed by atoms with van der Waals surface area (Å²) in [5.74, 6) is -1.48. The van der Waals surface area contributed by atoms with Gasteiger partial charge in [0.1, 0.15) is 18.1 Å². The fourth-order valence-corrected chi connectivity index (χ4v) is 8.10. The zero-order valence-corrected chi connectivity index (χ0v) is 31.8. The van der Waals surface area contributed by atoms with E-state index in [2.05, 4.69) is 40.2 Å². The zero-order chi connectivity index (χ0) is 38.7. The van der Waals surface area contributed by atoms with Crippen LogP contribution in [0.25, 0.3) is 0 Å². The highest BCUT2D eigenvalue weighted by molar-refractivity contribution is 5.95. The molecule has 3 aromatic carbocycles. The Balaban J connectivity index is 1.28. The third-order valence-corrected chi connectivity index (χ3v) is 11.1. The summed E-state index contributed by atoms with van der Waals surface area (Å²) < 4.78 is 0. The number of carbonyl (C=O) groups excluding carboxylic acids is 4. The lowest BCUT2D eigenvalue weighted by atomic mass is 9.71. The maximum absolute atomic E-state index is 14.2. The van der Waals surface area contributed by atoms with E-state index in [1.54, 1.807) is 0 Å². The molecule has 1 unspecified atom stereocenters. The Labute approximate surface area is 320 Å². The van der Waals surface area contributed by atoms with Gasteiger partial charge in [0.15, 0.2) is 0 Å². The molecule has 0 saturated carbocycles. The fraction of sp³-hybridized carbons (Fsp3) is 0.488. The van der Waals surface area contributed by atoms with E-state index in [-0.39, 0.29) is 29.7 Å². The van der Waals surface area contributed by atoms with Crippen molar-refractivity contribution >= 4 is 23.6 Å². The van der Waals surface area contributed by atoms with Crippen LogP contribution in [0.15, 0.2) is 84.9 Å². The number of unbranched alkanes of at least 4 members (excludes halogenated alkanes) is 1. The highest BCUT2D eigenvalue weighted by Crippen LogP contribution is 2.45. The summed E-state index contributed by atoms with van der Waals surface area (Å²) in [7, 11) is 0. The van der Waals surface area contributed by atoms with Gasteiger partial charge in [-0.25, -0.2) is 0 Å². The first kappa shape index (κ1) is 40.6. The van der Waals surface area contributed by atoms with Crippen LogP contribution in [0.1, 0.15) is 74.6 Å². The lowest BCUT2D eigenvalue weighted by molar-refractivity contribution is -0.139. The Morgan fingerprint density at radius 1 is 0.741 bits per heavy atom. The summed E-state index contributed by atoms with van der Waals surface area (Å²) in [6.07, 6.45) is 5.02. The van der Waals surface area contributed by atoms with Crippen molar-refractivity contribution in [3.05, 3.63) is 107 Å². The minimum Gasteiger partial charge on any atom is -0.343 e. The van der Waals surface area contributed by atoms with Crippen molar-refractivity contribution in [2.24, 2.45) is 23.1 Å². The number of nitrogens with two attached hydrogens (primary N) is 3. The van der Waals surface area contributed by atoms with Crippen LogP contribution in [0.3, 0.4) is 0 Å². The van der Waals surface area contributed by atoms with Gasteiger partial charge in [0.05, 0.1) is 6.04 Å². The van der Waals surface area contributed by atoms with E-state index in [4.69, 9.17) is 17.2 Å². The standard InChI is InChI=1S/C43H59N7O4/c1-29(2)25-36(49-41(53)37(27-31-15-7-4-8-16-31)48-39(51)34(45)26-30-13-5-3-6-14-30)40(52)47-35(19-11-12-22-44)42(54)50-23-20-43(21-24-50)33-18-10-9-17-32(33)28-38(43)46/h3-10,13-18,29,34-38H,11-12,19-28,44-46H2,1-2H3,(H,47,52)(H,48,51)(H,49,53)/t34-,35-,36-,37-,38?/m1/s1. The van der Waals surface area contributed by atoms with Crippen LogP contribution >= 0.6 is 0 Å². The van der Waals surface area contributed by atoms with Crippen LogP contribution in [-0.2, 0) is 43.9 Å². The molecule has 54 heavy (non-hydrogen) atoms. The summed E-state index contributed by atoms with van der Waals surface area (Å²) in [6.45, 7) is 5.51. The number of nitrogens with zero attached hydrogens (tertiary/aromatic N) is 1. The maximum atomic E-state index is 14.2. The van der Waals surface area contributed by atoms with Crippen molar-refractivity contribution < 1.29 is 19.2 Å². The third kappa shape index (κ3) is 10.3. The molecule has 11 heteroatoms. The molecule has 1 saturated heterocycles. The van der Waals surface area contributed by atoms with Crippen molar-refractivity contribution in [1.82, 2.24) is 20.9 Å². The third-order valence-electron chi connectivity index (χ3n) is 11.1. The van der Waals surface area contributed by atoms with Gasteiger partial charge in [-0.05, 0) is 86.1 Å². The van der Waals surface area contributed by atoms with Crippen molar-refractivity contribution in [2.75, 3.05) is 19.6 Å². The van der Waals surface area contributed by atoms with Crippen LogP contribution < -0.4 is 33.2 Å². The highest BCUT2D eigenvalue weighted by atomic mass is 16.2. The first-order valence-electron chi connectivity index (χ1n) is 19.6. The average Bonchev–Trinajstić information content (AvgIpc) is 3.44. The molecule has 3 aromatic rings. The molecule has 4 amide bonds. The van der Waals surface area contributed by atoms with Gasteiger partial charge < -0.3 is 38.1 Å². The number of amides is 4. The Kier molecular flexibility index (Phi) is 14.4. The topological polar surface area (TPSA) is 186 Å². The molecule has 1 fully saturated rings. The van der Waals surface area contributed by atoms with E-state index < -0.39 is 41.9 Å². The molecular weight excluding hydrogens is 679 g/mol. The molecule has 1 aliphatic carbocycles. The lowest BCUT2D eigenvalue weighted by Crippen LogP contribution is -2.59. The normalized spacial score (nSPS) is 18.3. The summed E-state index contributed by atoms with van der Waals surface area (Å²) in [5, 5.41) is 8.82. The van der Waals surface area contributed by atoms with Gasteiger partial charge in [0, 0.05) is 31.0 Å². The number of hydrogen-bond donors (Lipinski definition) is 6. The molecule has 5 atom stereocenters. The number of fused-ring (bicyclic) bond motifs is 2. The second kappa shape index (κ2) is 19.1. The Morgan fingerprint density at radius 2 is 1.30 bits per heavy atom. The van der Waals surface area contributed by atoms with Gasteiger partial charge in [-0.15, -0.1) is 0 Å². The molecule has 290 valence electrons. The van der Waals surface area contributed by atoms with Gasteiger partial charge in [-0.2, -0.15) is 0 Å². The predicted octanol–water partition coefficient (Wildman–Crippen LogP) is 2.87. The minimum atomic E-state index is -0.987. The lowest BCUT2D eigenvalue weighted by Gasteiger charge is -2.43. The van der Waals surface area contributed by atoms with E-state index in [9.17, 15) is 19.2 Å². The van der Waals surface area contributed by atoms with E-state index in [1.807, 2.05) is 79.4 Å². The summed E-state index contributed by atoms with van der Waals surface area (Å²) in [5.41, 5.74) is 23.0. The molecule has 1 aliphatic heterocycles. The van der Waals surface area contributed by atoms with Gasteiger partial charge in [0.25, 0.3) is 0 Å². The number of benzene rings is 3. The monoisotopic (exact) mass is 737 g/mol. The molecule has 2 aliphatic rings. The first-order chi connectivity index (χ1) is 26.0. The molecule has 5 rings (SSSR count). The number of hydrogen-bond acceptors (Lipinski definition) is 7.